The first kappa shape index (κ1) is 23.9. The van der Waals surface area contributed by atoms with Gasteiger partial charge in [0.2, 0.25) is 5.91 Å². The van der Waals surface area contributed by atoms with Crippen LogP contribution in [0.15, 0.2) is 66.0 Å². The van der Waals surface area contributed by atoms with Crippen LogP contribution in [0, 0.1) is 0 Å². The van der Waals surface area contributed by atoms with Crippen LogP contribution in [0.1, 0.15) is 29.2 Å². The largest absolute Gasteiger partial charge is 0.356 e. The number of rotatable bonds is 8. The van der Waals surface area contributed by atoms with E-state index in [9.17, 15) is 9.59 Å². The summed E-state index contributed by atoms with van der Waals surface area (Å²) >= 11 is 1.35. The van der Waals surface area contributed by atoms with Crippen molar-refractivity contribution in [3.8, 4) is 0 Å². The molecular weight excluding hydrogens is 446 g/mol. The van der Waals surface area contributed by atoms with Gasteiger partial charge in [-0.2, -0.15) is 0 Å². The third-order valence-corrected chi connectivity index (χ3v) is 6.86. The Morgan fingerprint density at radius 3 is 2.21 bits per heavy atom. The lowest BCUT2D eigenvalue weighted by molar-refractivity contribution is -0.120. The van der Waals surface area contributed by atoms with Gasteiger partial charge in [0.05, 0.1) is 12.1 Å². The number of likely N-dealkylation sites (N-methyl/N-ethyl adjacent to an activating group) is 1. The molecule has 0 unspecified atom stereocenters. The highest BCUT2D eigenvalue weighted by Crippen LogP contribution is 2.27. The molecule has 1 aliphatic rings. The van der Waals surface area contributed by atoms with E-state index in [0.717, 1.165) is 19.5 Å². The van der Waals surface area contributed by atoms with Gasteiger partial charge in [-0.15, -0.1) is 11.3 Å². The summed E-state index contributed by atoms with van der Waals surface area (Å²) in [6, 6.07) is 20.6. The molecule has 0 saturated carbocycles. The zero-order valence-electron chi connectivity index (χ0n) is 19.4. The highest BCUT2D eigenvalue weighted by molar-refractivity contribution is 7.13. The molecular formula is C26H31N5O2S. The molecule has 2 aromatic carbocycles. The maximum Gasteiger partial charge on any atom is 0.323 e. The molecule has 0 aliphatic carbocycles. The Balaban J connectivity index is 1.26. The number of hydrogen-bond donors (Lipinski definition) is 2. The van der Waals surface area contributed by atoms with Gasteiger partial charge in [0.25, 0.3) is 0 Å². The smallest absolute Gasteiger partial charge is 0.323 e. The minimum atomic E-state index is -0.133. The van der Waals surface area contributed by atoms with Crippen LogP contribution in [-0.2, 0) is 11.2 Å². The molecule has 3 aromatic rings. The van der Waals surface area contributed by atoms with Crippen molar-refractivity contribution < 1.29 is 9.59 Å². The number of urea groups is 1. The molecule has 2 N–H and O–H groups in total. The van der Waals surface area contributed by atoms with E-state index in [1.807, 2.05) is 41.8 Å². The maximum atomic E-state index is 12.5. The second-order valence-electron chi connectivity index (χ2n) is 8.55. The molecule has 0 atom stereocenters. The Morgan fingerprint density at radius 2 is 1.59 bits per heavy atom. The van der Waals surface area contributed by atoms with Crippen molar-refractivity contribution in [1.29, 1.82) is 0 Å². The van der Waals surface area contributed by atoms with Gasteiger partial charge in [-0.1, -0.05) is 60.7 Å². The summed E-state index contributed by atoms with van der Waals surface area (Å²) in [7, 11) is 2.05. The topological polar surface area (TPSA) is 77.6 Å². The van der Waals surface area contributed by atoms with E-state index in [1.54, 1.807) is 4.90 Å². The van der Waals surface area contributed by atoms with Crippen LogP contribution in [0.2, 0.25) is 0 Å². The first-order chi connectivity index (χ1) is 16.6. The minimum absolute atomic E-state index is 0.0675. The second-order valence-corrected chi connectivity index (χ2v) is 9.41. The Hall–Kier alpha value is -3.23. The third kappa shape index (κ3) is 6.65. The molecule has 0 radical (unpaired) electrons. The van der Waals surface area contributed by atoms with Crippen LogP contribution in [-0.4, -0.2) is 66.5 Å². The van der Waals surface area contributed by atoms with Crippen molar-refractivity contribution in [3.05, 3.63) is 82.9 Å². The van der Waals surface area contributed by atoms with Crippen molar-refractivity contribution in [1.82, 2.24) is 20.1 Å². The number of piperazine rings is 1. The van der Waals surface area contributed by atoms with Gasteiger partial charge in [-0.3, -0.25) is 10.1 Å². The minimum Gasteiger partial charge on any atom is -0.356 e. The predicted molar refractivity (Wildman–Crippen MR) is 136 cm³/mol. The normalized spacial score (nSPS) is 14.2. The van der Waals surface area contributed by atoms with Crippen LogP contribution >= 0.6 is 11.3 Å². The number of thiazole rings is 1. The average molecular weight is 478 g/mol. The fourth-order valence-corrected chi connectivity index (χ4v) is 4.80. The first-order valence-electron chi connectivity index (χ1n) is 11.6. The Kier molecular flexibility index (Phi) is 8.27. The number of hydrogen-bond acceptors (Lipinski definition) is 5. The zero-order chi connectivity index (χ0) is 23.8. The standard InChI is InChI=1S/C26H31N5O2S/c1-30-14-16-31(17-15-30)26(33)29-25-28-22(19-34-25)18-24(32)27-13-12-23(20-8-4-2-5-9-20)21-10-6-3-7-11-21/h2-11,19,23H,12-18H2,1H3,(H,27,32)(H,28,29,33). The quantitative estimate of drug-likeness (QED) is 0.517. The molecule has 1 saturated heterocycles. The summed E-state index contributed by atoms with van der Waals surface area (Å²) < 4.78 is 0. The molecule has 8 heteroatoms. The summed E-state index contributed by atoms with van der Waals surface area (Å²) in [6.45, 7) is 3.72. The lowest BCUT2D eigenvalue weighted by Gasteiger charge is -2.32. The van der Waals surface area contributed by atoms with Gasteiger partial charge in [-0.25, -0.2) is 9.78 Å². The molecule has 1 aromatic heterocycles. The maximum absolute atomic E-state index is 12.5. The number of carbonyl (C=O) groups is 2. The number of anilines is 1. The fraction of sp³-hybridized carbons (Fsp3) is 0.346. The van der Waals surface area contributed by atoms with Crippen molar-refractivity contribution in [3.63, 3.8) is 0 Å². The fourth-order valence-electron chi connectivity index (χ4n) is 4.11. The van der Waals surface area contributed by atoms with E-state index in [0.29, 0.717) is 30.5 Å². The predicted octanol–water partition coefficient (Wildman–Crippen LogP) is 3.80. The van der Waals surface area contributed by atoms with E-state index < -0.39 is 0 Å². The van der Waals surface area contributed by atoms with Crippen LogP contribution in [0.25, 0.3) is 0 Å². The molecule has 1 aliphatic heterocycles. The number of amides is 3. The lowest BCUT2D eigenvalue weighted by atomic mass is 9.88. The van der Waals surface area contributed by atoms with E-state index in [4.69, 9.17) is 0 Å². The van der Waals surface area contributed by atoms with Crippen LogP contribution in [0.5, 0.6) is 0 Å². The summed E-state index contributed by atoms with van der Waals surface area (Å²) in [6.07, 6.45) is 1.01. The van der Waals surface area contributed by atoms with Gasteiger partial charge in [0, 0.05) is 44.0 Å². The summed E-state index contributed by atoms with van der Waals surface area (Å²) in [4.78, 5) is 33.4. The Labute approximate surface area is 204 Å². The summed E-state index contributed by atoms with van der Waals surface area (Å²) in [5, 5.41) is 8.25. The number of benzene rings is 2. The van der Waals surface area contributed by atoms with Crippen molar-refractivity contribution in [2.24, 2.45) is 0 Å². The van der Waals surface area contributed by atoms with Crippen LogP contribution in [0.3, 0.4) is 0 Å². The molecule has 3 amide bonds. The SMILES string of the molecule is CN1CCN(C(=O)Nc2nc(CC(=O)NCCC(c3ccccc3)c3ccccc3)cs2)CC1. The third-order valence-electron chi connectivity index (χ3n) is 6.06. The average Bonchev–Trinajstić information content (AvgIpc) is 3.29. The first-order valence-corrected chi connectivity index (χ1v) is 12.5. The number of nitrogens with zero attached hydrogens (tertiary/aromatic N) is 3. The number of nitrogens with one attached hydrogen (secondary N) is 2. The monoisotopic (exact) mass is 477 g/mol. The van der Waals surface area contributed by atoms with Crippen LogP contribution in [0.4, 0.5) is 9.93 Å². The van der Waals surface area contributed by atoms with Crippen molar-refractivity contribution in [2.45, 2.75) is 18.8 Å². The Bertz CT molecular complexity index is 1030. The van der Waals surface area contributed by atoms with Crippen LogP contribution < -0.4 is 10.6 Å². The van der Waals surface area contributed by atoms with E-state index in [2.05, 4.69) is 51.8 Å². The van der Waals surface area contributed by atoms with Gasteiger partial charge in [-0.05, 0) is 24.6 Å². The molecule has 1 fully saturated rings. The molecule has 7 nitrogen and oxygen atoms in total. The zero-order valence-corrected chi connectivity index (χ0v) is 20.3. The molecule has 0 spiro atoms. The highest BCUT2D eigenvalue weighted by atomic mass is 32.1. The molecule has 4 rings (SSSR count). The van der Waals surface area contributed by atoms with Crippen molar-refractivity contribution in [2.75, 3.05) is 45.1 Å². The summed E-state index contributed by atoms with van der Waals surface area (Å²) in [5.41, 5.74) is 3.14. The molecule has 34 heavy (non-hydrogen) atoms. The molecule has 0 bridgehead atoms. The molecule has 178 valence electrons. The van der Waals surface area contributed by atoms with E-state index in [1.165, 1.54) is 22.5 Å². The number of carbonyl (C=O) groups excluding carboxylic acids is 2. The highest BCUT2D eigenvalue weighted by Gasteiger charge is 2.20. The Morgan fingerprint density at radius 1 is 0.971 bits per heavy atom. The molecule has 2 heterocycles. The van der Waals surface area contributed by atoms with Crippen molar-refractivity contribution >= 4 is 28.4 Å². The lowest BCUT2D eigenvalue weighted by Crippen LogP contribution is -2.48. The van der Waals surface area contributed by atoms with Gasteiger partial charge in [0.1, 0.15) is 0 Å². The number of aromatic nitrogens is 1. The van der Waals surface area contributed by atoms with E-state index >= 15 is 0 Å². The van der Waals surface area contributed by atoms with E-state index in [-0.39, 0.29) is 24.3 Å². The van der Waals surface area contributed by atoms with Gasteiger partial charge >= 0.3 is 6.03 Å². The second kappa shape index (κ2) is 11.8. The summed E-state index contributed by atoms with van der Waals surface area (Å²) in [5.74, 6) is 0.153. The van der Waals surface area contributed by atoms with Gasteiger partial charge in [0.15, 0.2) is 5.13 Å². The van der Waals surface area contributed by atoms with Gasteiger partial charge < -0.3 is 15.1 Å².